The lowest BCUT2D eigenvalue weighted by atomic mass is 10.2. The molecule has 2 heterocycles. The first kappa shape index (κ1) is 19.1. The van der Waals surface area contributed by atoms with E-state index in [0.29, 0.717) is 29.7 Å². The maximum absolute atomic E-state index is 13.2. The molecule has 0 spiro atoms. The maximum Gasteiger partial charge on any atom is 0.245 e. The molecule has 28 heavy (non-hydrogen) atoms. The van der Waals surface area contributed by atoms with Gasteiger partial charge in [-0.25, -0.2) is 8.42 Å². The fourth-order valence-electron chi connectivity index (χ4n) is 3.42. The summed E-state index contributed by atoms with van der Waals surface area (Å²) in [5.74, 6) is 0.704. The summed E-state index contributed by atoms with van der Waals surface area (Å²) in [5, 5.41) is 4.59. The van der Waals surface area contributed by atoms with E-state index in [-0.39, 0.29) is 4.90 Å². The molecule has 0 aliphatic carbocycles. The van der Waals surface area contributed by atoms with E-state index in [2.05, 4.69) is 10.1 Å². The van der Waals surface area contributed by atoms with Gasteiger partial charge in [-0.3, -0.25) is 0 Å². The maximum atomic E-state index is 13.2. The Bertz CT molecular complexity index is 1080. The zero-order valence-corrected chi connectivity index (χ0v) is 16.9. The molecule has 1 aliphatic heterocycles. The molecule has 0 saturated carbocycles. The SMILES string of the molecule is CCc1ccc(S(=O)(=O)N2CCCC2c2nc(-c3cccc(Cl)c3)no2)cc1. The van der Waals surface area contributed by atoms with E-state index in [1.54, 1.807) is 30.3 Å². The van der Waals surface area contributed by atoms with Crippen molar-refractivity contribution in [3.63, 3.8) is 0 Å². The van der Waals surface area contributed by atoms with Crippen LogP contribution < -0.4 is 0 Å². The number of rotatable bonds is 5. The van der Waals surface area contributed by atoms with Gasteiger partial charge in [0.25, 0.3) is 0 Å². The standard InChI is InChI=1S/C20H20ClN3O3S/c1-2-14-8-10-17(11-9-14)28(25,26)24-12-4-7-18(24)20-22-19(23-27-20)15-5-3-6-16(21)13-15/h3,5-6,8-11,13,18H,2,4,7,12H2,1H3. The van der Waals surface area contributed by atoms with Gasteiger partial charge in [0, 0.05) is 17.1 Å². The minimum Gasteiger partial charge on any atom is -0.337 e. The van der Waals surface area contributed by atoms with E-state index in [1.807, 2.05) is 25.1 Å². The monoisotopic (exact) mass is 417 g/mol. The molecule has 6 nitrogen and oxygen atoms in total. The largest absolute Gasteiger partial charge is 0.337 e. The van der Waals surface area contributed by atoms with Crippen LogP contribution in [0.2, 0.25) is 5.02 Å². The first-order valence-corrected chi connectivity index (χ1v) is 11.0. The molecule has 0 amide bonds. The lowest BCUT2D eigenvalue weighted by Crippen LogP contribution is -2.30. The summed E-state index contributed by atoms with van der Waals surface area (Å²) < 4.78 is 33.2. The van der Waals surface area contributed by atoms with Crippen molar-refractivity contribution >= 4 is 21.6 Å². The molecule has 1 aromatic heterocycles. The second-order valence-electron chi connectivity index (χ2n) is 6.74. The molecule has 2 aromatic carbocycles. The van der Waals surface area contributed by atoms with Gasteiger partial charge in [0.15, 0.2) is 0 Å². The summed E-state index contributed by atoms with van der Waals surface area (Å²) in [7, 11) is -3.64. The van der Waals surface area contributed by atoms with Gasteiger partial charge in [0.05, 0.1) is 4.90 Å². The highest BCUT2D eigenvalue weighted by molar-refractivity contribution is 7.89. The average Bonchev–Trinajstić information content (AvgIpc) is 3.37. The summed E-state index contributed by atoms with van der Waals surface area (Å²) in [6, 6.07) is 13.7. The molecule has 0 radical (unpaired) electrons. The normalized spacial score (nSPS) is 17.9. The van der Waals surface area contributed by atoms with Crippen molar-refractivity contribution in [2.24, 2.45) is 0 Å². The van der Waals surface area contributed by atoms with Gasteiger partial charge in [0.2, 0.25) is 21.7 Å². The summed E-state index contributed by atoms with van der Waals surface area (Å²) in [4.78, 5) is 4.73. The Labute approximate surface area is 169 Å². The molecule has 0 bridgehead atoms. The van der Waals surface area contributed by atoms with Crippen LogP contribution in [0.4, 0.5) is 0 Å². The fourth-order valence-corrected chi connectivity index (χ4v) is 5.26. The summed E-state index contributed by atoms with van der Waals surface area (Å²) in [6.07, 6.45) is 2.25. The Kier molecular flexibility index (Phi) is 5.23. The molecule has 8 heteroatoms. The van der Waals surface area contributed by atoms with E-state index in [1.165, 1.54) is 4.31 Å². The second kappa shape index (κ2) is 7.66. The van der Waals surface area contributed by atoms with Crippen molar-refractivity contribution in [2.75, 3.05) is 6.54 Å². The second-order valence-corrected chi connectivity index (χ2v) is 9.06. The summed E-state index contributed by atoms with van der Waals surface area (Å²) in [5.41, 5.74) is 1.82. The van der Waals surface area contributed by atoms with Crippen molar-refractivity contribution in [3.8, 4) is 11.4 Å². The van der Waals surface area contributed by atoms with Crippen LogP contribution in [0.25, 0.3) is 11.4 Å². The molecule has 0 N–H and O–H groups in total. The molecule has 1 saturated heterocycles. The van der Waals surface area contributed by atoms with Crippen molar-refractivity contribution in [1.29, 1.82) is 0 Å². The van der Waals surface area contributed by atoms with E-state index < -0.39 is 16.1 Å². The van der Waals surface area contributed by atoms with Gasteiger partial charge in [0.1, 0.15) is 6.04 Å². The fraction of sp³-hybridized carbons (Fsp3) is 0.300. The number of halogens is 1. The number of nitrogens with zero attached hydrogens (tertiary/aromatic N) is 3. The minimum absolute atomic E-state index is 0.283. The molecular weight excluding hydrogens is 398 g/mol. The highest BCUT2D eigenvalue weighted by Gasteiger charge is 2.39. The van der Waals surface area contributed by atoms with Gasteiger partial charge < -0.3 is 4.52 Å². The summed E-state index contributed by atoms with van der Waals surface area (Å²) >= 11 is 6.03. The van der Waals surface area contributed by atoms with Crippen LogP contribution >= 0.6 is 11.6 Å². The Hall–Kier alpha value is -2.22. The highest BCUT2D eigenvalue weighted by Crippen LogP contribution is 2.36. The van der Waals surface area contributed by atoms with Crippen molar-refractivity contribution in [2.45, 2.75) is 37.1 Å². The Morgan fingerprint density at radius 3 is 2.71 bits per heavy atom. The quantitative estimate of drug-likeness (QED) is 0.611. The van der Waals surface area contributed by atoms with E-state index >= 15 is 0 Å². The van der Waals surface area contributed by atoms with Crippen LogP contribution in [0.5, 0.6) is 0 Å². The van der Waals surface area contributed by atoms with Crippen molar-refractivity contribution in [3.05, 3.63) is 65.0 Å². The molecule has 1 unspecified atom stereocenters. The smallest absolute Gasteiger partial charge is 0.245 e. The van der Waals surface area contributed by atoms with Crippen LogP contribution in [-0.2, 0) is 16.4 Å². The molecule has 4 rings (SSSR count). The molecule has 146 valence electrons. The molecule has 1 aliphatic rings. The van der Waals surface area contributed by atoms with E-state index in [4.69, 9.17) is 16.1 Å². The lowest BCUT2D eigenvalue weighted by molar-refractivity contribution is 0.290. The van der Waals surface area contributed by atoms with Crippen molar-refractivity contribution in [1.82, 2.24) is 14.4 Å². The lowest BCUT2D eigenvalue weighted by Gasteiger charge is -2.21. The third kappa shape index (κ3) is 3.57. The Morgan fingerprint density at radius 2 is 2.00 bits per heavy atom. The molecule has 1 atom stereocenters. The predicted molar refractivity (Wildman–Crippen MR) is 106 cm³/mol. The topological polar surface area (TPSA) is 76.3 Å². The van der Waals surface area contributed by atoms with Crippen LogP contribution in [0, 0.1) is 0 Å². The van der Waals surface area contributed by atoms with Crippen LogP contribution in [0.3, 0.4) is 0 Å². The first-order chi connectivity index (χ1) is 13.5. The summed E-state index contributed by atoms with van der Waals surface area (Å²) in [6.45, 7) is 2.46. The predicted octanol–water partition coefficient (Wildman–Crippen LogP) is 4.48. The van der Waals surface area contributed by atoms with Crippen molar-refractivity contribution < 1.29 is 12.9 Å². The minimum atomic E-state index is -3.64. The third-order valence-corrected chi connectivity index (χ3v) is 7.11. The van der Waals surface area contributed by atoms with Gasteiger partial charge in [-0.05, 0) is 49.1 Å². The Balaban J connectivity index is 1.63. The zero-order chi connectivity index (χ0) is 19.7. The van der Waals surface area contributed by atoms with E-state index in [9.17, 15) is 8.42 Å². The number of aromatic nitrogens is 2. The number of benzene rings is 2. The first-order valence-electron chi connectivity index (χ1n) is 9.19. The zero-order valence-electron chi connectivity index (χ0n) is 15.4. The van der Waals surface area contributed by atoms with Gasteiger partial charge in [-0.15, -0.1) is 0 Å². The number of sulfonamides is 1. The molecule has 1 fully saturated rings. The molecular formula is C20H20ClN3O3S. The molecule has 3 aromatic rings. The number of hydrogen-bond donors (Lipinski definition) is 0. The number of aryl methyl sites for hydroxylation is 1. The van der Waals surface area contributed by atoms with Crippen LogP contribution in [0.15, 0.2) is 57.9 Å². The Morgan fingerprint density at radius 1 is 1.21 bits per heavy atom. The number of hydrogen-bond acceptors (Lipinski definition) is 5. The van der Waals surface area contributed by atoms with Crippen LogP contribution in [0.1, 0.15) is 37.3 Å². The van der Waals surface area contributed by atoms with E-state index in [0.717, 1.165) is 24.0 Å². The highest BCUT2D eigenvalue weighted by atomic mass is 35.5. The van der Waals surface area contributed by atoms with Gasteiger partial charge in [-0.2, -0.15) is 9.29 Å². The van der Waals surface area contributed by atoms with Gasteiger partial charge >= 0.3 is 0 Å². The average molecular weight is 418 g/mol. The van der Waals surface area contributed by atoms with Crippen LogP contribution in [-0.4, -0.2) is 29.4 Å². The third-order valence-electron chi connectivity index (χ3n) is 4.95. The van der Waals surface area contributed by atoms with Gasteiger partial charge in [-0.1, -0.05) is 47.9 Å².